The molecule has 0 aliphatic rings. The third-order valence-corrected chi connectivity index (χ3v) is 4.51. The smallest absolute Gasteiger partial charge is 0.252 e. The summed E-state index contributed by atoms with van der Waals surface area (Å²) in [5.41, 5.74) is 4.36. The van der Waals surface area contributed by atoms with Crippen molar-refractivity contribution in [3.05, 3.63) is 73.0 Å². The topological polar surface area (TPSA) is 96.2 Å². The van der Waals surface area contributed by atoms with Crippen LogP contribution < -0.4 is 0 Å². The summed E-state index contributed by atoms with van der Waals surface area (Å²) in [6.45, 7) is 0.670. The summed E-state index contributed by atoms with van der Waals surface area (Å²) >= 11 is 0. The zero-order valence-corrected chi connectivity index (χ0v) is 15.6. The van der Waals surface area contributed by atoms with Gasteiger partial charge < -0.3 is 13.8 Å². The van der Waals surface area contributed by atoms with Gasteiger partial charge in [-0.15, -0.1) is 0 Å². The SMILES string of the molecule is COCc1nc(Cn2cnc(-c3ccccc3)c2-c2cnn3cccnc23)no1. The van der Waals surface area contributed by atoms with E-state index in [4.69, 9.17) is 9.26 Å². The number of hydrogen-bond acceptors (Lipinski definition) is 7. The fraction of sp³-hybridized carbons (Fsp3) is 0.150. The summed E-state index contributed by atoms with van der Waals surface area (Å²) in [7, 11) is 1.59. The van der Waals surface area contributed by atoms with Crippen LogP contribution in [0.15, 0.2) is 65.8 Å². The average Bonchev–Trinajstić information content (AvgIpc) is 3.48. The largest absolute Gasteiger partial charge is 0.375 e. The van der Waals surface area contributed by atoms with Crippen LogP contribution in [0.2, 0.25) is 0 Å². The minimum atomic E-state index is 0.275. The predicted octanol–water partition coefficient (Wildman–Crippen LogP) is 2.84. The first-order valence-corrected chi connectivity index (χ1v) is 9.03. The zero-order valence-electron chi connectivity index (χ0n) is 15.6. The molecule has 0 spiro atoms. The number of rotatable bonds is 6. The minimum absolute atomic E-state index is 0.275. The van der Waals surface area contributed by atoms with Crippen LogP contribution in [0.3, 0.4) is 0 Å². The standard InChI is InChI=1S/C20H17N7O2/c1-28-12-17-24-16(25-29-17)11-26-13-22-18(14-6-3-2-4-7-14)19(26)15-10-23-27-9-5-8-21-20(15)27/h2-10,13H,11-12H2,1H3. The summed E-state index contributed by atoms with van der Waals surface area (Å²) < 4.78 is 14.0. The van der Waals surface area contributed by atoms with Gasteiger partial charge in [-0.2, -0.15) is 10.1 Å². The molecule has 4 heterocycles. The molecule has 0 aliphatic heterocycles. The third-order valence-electron chi connectivity index (χ3n) is 4.51. The fourth-order valence-corrected chi connectivity index (χ4v) is 3.27. The van der Waals surface area contributed by atoms with E-state index in [0.29, 0.717) is 18.3 Å². The molecule has 0 N–H and O–H groups in total. The van der Waals surface area contributed by atoms with E-state index in [1.54, 1.807) is 30.3 Å². The predicted molar refractivity (Wildman–Crippen MR) is 104 cm³/mol. The van der Waals surface area contributed by atoms with Gasteiger partial charge in [0.25, 0.3) is 5.89 Å². The van der Waals surface area contributed by atoms with Crippen molar-refractivity contribution in [2.24, 2.45) is 0 Å². The highest BCUT2D eigenvalue weighted by Gasteiger charge is 2.20. The van der Waals surface area contributed by atoms with Gasteiger partial charge in [0.2, 0.25) is 0 Å². The second-order valence-electron chi connectivity index (χ2n) is 6.42. The van der Waals surface area contributed by atoms with Crippen molar-refractivity contribution in [3.63, 3.8) is 0 Å². The molecule has 0 atom stereocenters. The van der Waals surface area contributed by atoms with Crippen LogP contribution in [-0.4, -0.2) is 41.4 Å². The monoisotopic (exact) mass is 387 g/mol. The van der Waals surface area contributed by atoms with E-state index in [1.165, 1.54) is 0 Å². The highest BCUT2D eigenvalue weighted by atomic mass is 16.5. The van der Waals surface area contributed by atoms with Crippen molar-refractivity contribution >= 4 is 5.65 Å². The Labute approximate surface area is 165 Å². The van der Waals surface area contributed by atoms with Gasteiger partial charge in [-0.3, -0.25) is 0 Å². The summed E-state index contributed by atoms with van der Waals surface area (Å²) in [4.78, 5) is 13.6. The number of hydrogen-bond donors (Lipinski definition) is 0. The molecule has 0 unspecified atom stereocenters. The molecule has 9 heteroatoms. The molecule has 0 amide bonds. The van der Waals surface area contributed by atoms with E-state index in [2.05, 4.69) is 25.2 Å². The molecule has 5 rings (SSSR count). The van der Waals surface area contributed by atoms with Crippen LogP contribution in [0.1, 0.15) is 11.7 Å². The lowest BCUT2D eigenvalue weighted by atomic mass is 10.1. The first-order chi connectivity index (χ1) is 14.3. The molecule has 0 bridgehead atoms. The normalized spacial score (nSPS) is 11.3. The number of aromatic nitrogens is 7. The molecule has 0 fully saturated rings. The quantitative estimate of drug-likeness (QED) is 0.442. The molecule has 9 nitrogen and oxygen atoms in total. The Morgan fingerprint density at radius 3 is 2.86 bits per heavy atom. The van der Waals surface area contributed by atoms with Gasteiger partial charge in [-0.05, 0) is 6.07 Å². The maximum absolute atomic E-state index is 5.22. The first kappa shape index (κ1) is 17.3. The lowest BCUT2D eigenvalue weighted by molar-refractivity contribution is 0.151. The van der Waals surface area contributed by atoms with Gasteiger partial charge in [0.05, 0.1) is 36.0 Å². The molecular formula is C20H17N7O2. The van der Waals surface area contributed by atoms with Gasteiger partial charge in [-0.1, -0.05) is 35.5 Å². The number of imidazole rings is 1. The van der Waals surface area contributed by atoms with Gasteiger partial charge in [0, 0.05) is 25.1 Å². The Kier molecular flexibility index (Phi) is 4.34. The van der Waals surface area contributed by atoms with E-state index < -0.39 is 0 Å². The first-order valence-electron chi connectivity index (χ1n) is 9.03. The molecule has 0 radical (unpaired) electrons. The highest BCUT2D eigenvalue weighted by Crippen LogP contribution is 2.33. The molecule has 29 heavy (non-hydrogen) atoms. The molecule has 4 aromatic heterocycles. The summed E-state index contributed by atoms with van der Waals surface area (Å²) in [5.74, 6) is 0.977. The number of ether oxygens (including phenoxy) is 1. The molecular weight excluding hydrogens is 370 g/mol. The van der Waals surface area contributed by atoms with Crippen LogP contribution >= 0.6 is 0 Å². The number of methoxy groups -OCH3 is 1. The van der Waals surface area contributed by atoms with Gasteiger partial charge in [0.15, 0.2) is 11.5 Å². The second-order valence-corrected chi connectivity index (χ2v) is 6.42. The Balaban J connectivity index is 1.64. The lowest BCUT2D eigenvalue weighted by Crippen LogP contribution is -2.03. The number of fused-ring (bicyclic) bond motifs is 1. The van der Waals surface area contributed by atoms with Crippen molar-refractivity contribution in [2.75, 3.05) is 7.11 Å². The molecule has 0 aliphatic carbocycles. The Bertz CT molecular complexity index is 1260. The average molecular weight is 387 g/mol. The van der Waals surface area contributed by atoms with Crippen LogP contribution in [0, 0.1) is 0 Å². The van der Waals surface area contributed by atoms with Crippen molar-refractivity contribution in [3.8, 4) is 22.5 Å². The Hall–Kier alpha value is -3.85. The van der Waals surface area contributed by atoms with E-state index in [9.17, 15) is 0 Å². The van der Waals surface area contributed by atoms with E-state index in [1.807, 2.05) is 47.2 Å². The van der Waals surface area contributed by atoms with Crippen molar-refractivity contribution in [1.82, 2.24) is 34.3 Å². The van der Waals surface area contributed by atoms with E-state index in [0.717, 1.165) is 28.2 Å². The summed E-state index contributed by atoms with van der Waals surface area (Å²) in [6, 6.07) is 11.9. The third kappa shape index (κ3) is 3.17. The zero-order chi connectivity index (χ0) is 19.6. The van der Waals surface area contributed by atoms with Crippen LogP contribution in [-0.2, 0) is 17.9 Å². The Morgan fingerprint density at radius 2 is 2.00 bits per heavy atom. The highest BCUT2D eigenvalue weighted by molar-refractivity contribution is 5.85. The lowest BCUT2D eigenvalue weighted by Gasteiger charge is -2.07. The van der Waals surface area contributed by atoms with Crippen LogP contribution in [0.25, 0.3) is 28.2 Å². The maximum atomic E-state index is 5.22. The van der Waals surface area contributed by atoms with Crippen molar-refractivity contribution < 1.29 is 9.26 Å². The summed E-state index contributed by atoms with van der Waals surface area (Å²) in [5, 5.41) is 8.48. The number of nitrogens with zero attached hydrogens (tertiary/aromatic N) is 7. The van der Waals surface area contributed by atoms with Crippen molar-refractivity contribution in [2.45, 2.75) is 13.2 Å². The van der Waals surface area contributed by atoms with E-state index >= 15 is 0 Å². The number of benzene rings is 1. The molecule has 0 saturated heterocycles. The molecule has 144 valence electrons. The van der Waals surface area contributed by atoms with Crippen LogP contribution in [0.5, 0.6) is 0 Å². The molecule has 5 aromatic rings. The van der Waals surface area contributed by atoms with Crippen LogP contribution in [0.4, 0.5) is 0 Å². The van der Waals surface area contributed by atoms with Gasteiger partial charge in [0.1, 0.15) is 6.61 Å². The summed E-state index contributed by atoms with van der Waals surface area (Å²) in [6.07, 6.45) is 7.19. The van der Waals surface area contributed by atoms with E-state index in [-0.39, 0.29) is 6.61 Å². The molecule has 0 saturated carbocycles. The maximum Gasteiger partial charge on any atom is 0.252 e. The van der Waals surface area contributed by atoms with Gasteiger partial charge >= 0.3 is 0 Å². The Morgan fingerprint density at radius 1 is 1.10 bits per heavy atom. The van der Waals surface area contributed by atoms with Crippen molar-refractivity contribution in [1.29, 1.82) is 0 Å². The molecule has 1 aromatic carbocycles. The minimum Gasteiger partial charge on any atom is -0.375 e. The van der Waals surface area contributed by atoms with Gasteiger partial charge in [-0.25, -0.2) is 14.5 Å². The fourth-order valence-electron chi connectivity index (χ4n) is 3.27. The second kappa shape index (κ2) is 7.28.